The van der Waals surface area contributed by atoms with E-state index >= 15 is 0 Å². The molecule has 0 aliphatic carbocycles. The third-order valence-corrected chi connectivity index (χ3v) is 5.25. The van der Waals surface area contributed by atoms with Gasteiger partial charge in [-0.15, -0.1) is 24.8 Å². The SMILES string of the molecule is CN1CCC2(CC1)CN(Cc1ccccc1)CC2C(=O)O.Cl.Cl. The van der Waals surface area contributed by atoms with Crippen LogP contribution in [0, 0.1) is 11.3 Å². The lowest BCUT2D eigenvalue weighted by Crippen LogP contribution is -2.44. The first-order chi connectivity index (χ1) is 10.1. The maximum atomic E-state index is 11.7. The second kappa shape index (κ2) is 8.34. The van der Waals surface area contributed by atoms with E-state index in [4.69, 9.17) is 0 Å². The zero-order valence-electron chi connectivity index (χ0n) is 13.5. The lowest BCUT2D eigenvalue weighted by Gasteiger charge is -2.40. The van der Waals surface area contributed by atoms with E-state index in [9.17, 15) is 9.90 Å². The summed E-state index contributed by atoms with van der Waals surface area (Å²) >= 11 is 0. The van der Waals surface area contributed by atoms with Crippen LogP contribution >= 0.6 is 24.8 Å². The summed E-state index contributed by atoms with van der Waals surface area (Å²) in [6.07, 6.45) is 2.01. The Morgan fingerprint density at radius 3 is 2.39 bits per heavy atom. The van der Waals surface area contributed by atoms with E-state index in [1.54, 1.807) is 0 Å². The van der Waals surface area contributed by atoms with Gasteiger partial charge >= 0.3 is 5.97 Å². The maximum absolute atomic E-state index is 11.7. The summed E-state index contributed by atoms with van der Waals surface area (Å²) in [4.78, 5) is 16.4. The Morgan fingerprint density at radius 2 is 1.83 bits per heavy atom. The molecule has 1 spiro atoms. The van der Waals surface area contributed by atoms with E-state index in [1.165, 1.54) is 5.56 Å². The average Bonchev–Trinajstić information content (AvgIpc) is 2.82. The largest absolute Gasteiger partial charge is 0.481 e. The minimum Gasteiger partial charge on any atom is -0.481 e. The molecule has 0 aromatic heterocycles. The van der Waals surface area contributed by atoms with Crippen LogP contribution < -0.4 is 0 Å². The number of rotatable bonds is 3. The molecule has 23 heavy (non-hydrogen) atoms. The fourth-order valence-electron chi connectivity index (χ4n) is 3.94. The van der Waals surface area contributed by atoms with Crippen molar-refractivity contribution in [3.63, 3.8) is 0 Å². The molecule has 3 rings (SSSR count). The van der Waals surface area contributed by atoms with Crippen molar-refractivity contribution in [2.45, 2.75) is 19.4 Å². The van der Waals surface area contributed by atoms with Gasteiger partial charge in [0, 0.05) is 25.0 Å². The summed E-state index contributed by atoms with van der Waals surface area (Å²) in [5.41, 5.74) is 1.25. The number of hydrogen-bond donors (Lipinski definition) is 1. The van der Waals surface area contributed by atoms with Crippen LogP contribution in [0.25, 0.3) is 0 Å². The number of benzene rings is 1. The minimum absolute atomic E-state index is 0. The van der Waals surface area contributed by atoms with Gasteiger partial charge in [0.25, 0.3) is 0 Å². The summed E-state index contributed by atoms with van der Waals surface area (Å²) < 4.78 is 0. The molecule has 0 saturated carbocycles. The number of aliphatic carboxylic acids is 1. The molecule has 2 fully saturated rings. The Balaban J connectivity index is 0.00000132. The molecule has 2 saturated heterocycles. The lowest BCUT2D eigenvalue weighted by molar-refractivity contribution is -0.145. The van der Waals surface area contributed by atoms with E-state index in [-0.39, 0.29) is 36.1 Å². The van der Waals surface area contributed by atoms with Crippen LogP contribution in [0.4, 0.5) is 0 Å². The summed E-state index contributed by atoms with van der Waals surface area (Å²) in [7, 11) is 2.12. The second-order valence-electron chi connectivity index (χ2n) is 6.71. The van der Waals surface area contributed by atoms with Crippen LogP contribution in [0.5, 0.6) is 0 Å². The number of nitrogens with zero attached hydrogens (tertiary/aromatic N) is 2. The Morgan fingerprint density at radius 1 is 1.22 bits per heavy atom. The van der Waals surface area contributed by atoms with Gasteiger partial charge in [-0.25, -0.2) is 0 Å². The highest BCUT2D eigenvalue weighted by atomic mass is 35.5. The molecule has 1 atom stereocenters. The van der Waals surface area contributed by atoms with Crippen molar-refractivity contribution in [1.29, 1.82) is 0 Å². The molecule has 1 aromatic rings. The Kier molecular flexibility index (Phi) is 7.33. The molecule has 2 aliphatic rings. The molecule has 1 N–H and O–H groups in total. The minimum atomic E-state index is -0.616. The average molecular weight is 361 g/mol. The molecule has 4 nitrogen and oxygen atoms in total. The number of carbonyl (C=O) groups is 1. The lowest BCUT2D eigenvalue weighted by atomic mass is 9.71. The Labute approximate surface area is 150 Å². The molecule has 1 unspecified atom stereocenters. The number of likely N-dealkylation sites (tertiary alicyclic amines) is 2. The first kappa shape index (κ1) is 20.2. The van der Waals surface area contributed by atoms with Crippen molar-refractivity contribution < 1.29 is 9.90 Å². The van der Waals surface area contributed by atoms with E-state index in [1.807, 2.05) is 18.2 Å². The van der Waals surface area contributed by atoms with E-state index < -0.39 is 5.97 Å². The standard InChI is InChI=1S/C17H24N2O2.2ClH/c1-18-9-7-17(8-10-18)13-19(12-15(17)16(20)21)11-14-5-3-2-4-6-14;;/h2-6,15H,7-13H2,1H3,(H,20,21);2*1H. The first-order valence-corrected chi connectivity index (χ1v) is 7.77. The van der Waals surface area contributed by atoms with Gasteiger partial charge in [-0.1, -0.05) is 30.3 Å². The predicted molar refractivity (Wildman–Crippen MR) is 96.5 cm³/mol. The quantitative estimate of drug-likeness (QED) is 0.899. The maximum Gasteiger partial charge on any atom is 0.308 e. The van der Waals surface area contributed by atoms with Crippen LogP contribution in [0.15, 0.2) is 30.3 Å². The predicted octanol–water partition coefficient (Wildman–Crippen LogP) is 2.76. The normalized spacial score (nSPS) is 24.0. The van der Waals surface area contributed by atoms with Gasteiger partial charge in [-0.05, 0) is 38.5 Å². The summed E-state index contributed by atoms with van der Waals surface area (Å²) in [5, 5.41) is 9.64. The molecule has 0 amide bonds. The van der Waals surface area contributed by atoms with Crippen LogP contribution in [-0.4, -0.2) is 54.1 Å². The smallest absolute Gasteiger partial charge is 0.308 e. The Hall–Kier alpha value is -0.810. The van der Waals surface area contributed by atoms with Crippen molar-refractivity contribution in [2.75, 3.05) is 33.2 Å². The highest BCUT2D eigenvalue weighted by Gasteiger charge is 2.50. The van der Waals surface area contributed by atoms with Gasteiger partial charge in [0.2, 0.25) is 0 Å². The molecule has 1 aromatic carbocycles. The number of piperidine rings is 1. The topological polar surface area (TPSA) is 43.8 Å². The monoisotopic (exact) mass is 360 g/mol. The molecule has 130 valence electrons. The molecular formula is C17H26Cl2N2O2. The van der Waals surface area contributed by atoms with Gasteiger partial charge in [-0.2, -0.15) is 0 Å². The van der Waals surface area contributed by atoms with Crippen molar-refractivity contribution in [3.8, 4) is 0 Å². The molecule has 0 bridgehead atoms. The van der Waals surface area contributed by atoms with Crippen LogP contribution in [-0.2, 0) is 11.3 Å². The van der Waals surface area contributed by atoms with E-state index in [0.717, 1.165) is 39.0 Å². The number of hydrogen-bond acceptors (Lipinski definition) is 3. The number of halogens is 2. The second-order valence-corrected chi connectivity index (χ2v) is 6.71. The van der Waals surface area contributed by atoms with Gasteiger partial charge in [-0.3, -0.25) is 9.69 Å². The highest BCUT2D eigenvalue weighted by Crippen LogP contribution is 2.45. The number of carboxylic acid groups (broad SMARTS) is 1. The van der Waals surface area contributed by atoms with Gasteiger partial charge in [0.15, 0.2) is 0 Å². The Bertz CT molecular complexity index is 505. The number of carboxylic acids is 1. The van der Waals surface area contributed by atoms with E-state index in [0.29, 0.717) is 6.54 Å². The van der Waals surface area contributed by atoms with Crippen LogP contribution in [0.2, 0.25) is 0 Å². The fraction of sp³-hybridized carbons (Fsp3) is 0.588. The highest BCUT2D eigenvalue weighted by molar-refractivity contribution is 5.85. The van der Waals surface area contributed by atoms with Gasteiger partial charge < -0.3 is 10.0 Å². The van der Waals surface area contributed by atoms with E-state index in [2.05, 4.69) is 29.0 Å². The molecule has 0 radical (unpaired) electrons. The zero-order chi connectivity index (χ0) is 14.9. The molecule has 6 heteroatoms. The van der Waals surface area contributed by atoms with Gasteiger partial charge in [0.1, 0.15) is 0 Å². The van der Waals surface area contributed by atoms with Crippen molar-refractivity contribution in [1.82, 2.24) is 9.80 Å². The molecular weight excluding hydrogens is 335 g/mol. The molecule has 2 heterocycles. The summed E-state index contributed by atoms with van der Waals surface area (Å²) in [5.74, 6) is -0.829. The van der Waals surface area contributed by atoms with Gasteiger partial charge in [0.05, 0.1) is 5.92 Å². The zero-order valence-corrected chi connectivity index (χ0v) is 15.1. The van der Waals surface area contributed by atoms with Crippen LogP contribution in [0.3, 0.4) is 0 Å². The fourth-order valence-corrected chi connectivity index (χ4v) is 3.94. The van der Waals surface area contributed by atoms with Crippen molar-refractivity contribution in [2.24, 2.45) is 11.3 Å². The van der Waals surface area contributed by atoms with Crippen molar-refractivity contribution in [3.05, 3.63) is 35.9 Å². The third kappa shape index (κ3) is 4.38. The van der Waals surface area contributed by atoms with Crippen LogP contribution in [0.1, 0.15) is 18.4 Å². The third-order valence-electron chi connectivity index (χ3n) is 5.25. The van der Waals surface area contributed by atoms with Crippen molar-refractivity contribution >= 4 is 30.8 Å². The molecule has 2 aliphatic heterocycles. The summed E-state index contributed by atoms with van der Waals surface area (Å²) in [6, 6.07) is 10.4. The summed E-state index contributed by atoms with van der Waals surface area (Å²) in [6.45, 7) is 4.51. The first-order valence-electron chi connectivity index (χ1n) is 7.77.